The molecule has 2 aromatic carbocycles. The molecule has 0 aliphatic rings. The van der Waals surface area contributed by atoms with Crippen LogP contribution in [-0.4, -0.2) is 19.0 Å². The van der Waals surface area contributed by atoms with Crippen molar-refractivity contribution < 1.29 is 45.0 Å². The Bertz CT molecular complexity index is 843. The third-order valence-corrected chi connectivity index (χ3v) is 3.32. The van der Waals surface area contributed by atoms with Crippen LogP contribution < -0.4 is 9.47 Å². The average Bonchev–Trinajstić information content (AvgIpc) is 2.60. The summed E-state index contributed by atoms with van der Waals surface area (Å²) in [7, 11) is 0. The Morgan fingerprint density at radius 3 is 1.96 bits per heavy atom. The van der Waals surface area contributed by atoms with E-state index in [1.54, 1.807) is 0 Å². The summed E-state index contributed by atoms with van der Waals surface area (Å²) < 4.78 is 95.1. The van der Waals surface area contributed by atoms with Crippen LogP contribution >= 0.6 is 0 Å². The topological polar surface area (TPSA) is 35.5 Å². The van der Waals surface area contributed by atoms with Gasteiger partial charge in [0.15, 0.2) is 17.3 Å². The molecule has 0 saturated heterocycles. The van der Waals surface area contributed by atoms with Crippen LogP contribution in [-0.2, 0) is 6.18 Å². The Morgan fingerprint density at radius 2 is 1.43 bits per heavy atom. The van der Waals surface area contributed by atoms with Gasteiger partial charge in [-0.05, 0) is 35.9 Å². The minimum atomic E-state index is -4.54. The van der Waals surface area contributed by atoms with Gasteiger partial charge in [0.05, 0.1) is 5.56 Å². The molecule has 0 bridgehead atoms. The Kier molecular flexibility index (Phi) is 6.66. The van der Waals surface area contributed by atoms with E-state index in [1.165, 1.54) is 6.07 Å². The first kappa shape index (κ1) is 21.3. The second-order valence-corrected chi connectivity index (χ2v) is 5.24. The maximum atomic E-state index is 12.5. The predicted molar refractivity (Wildman–Crippen MR) is 84.5 cm³/mol. The number of hydrogen-bond acceptors (Lipinski definition) is 3. The molecular weight excluding hydrogens is 397 g/mol. The minimum Gasteiger partial charge on any atom is -0.431 e. The third kappa shape index (κ3) is 6.00. The van der Waals surface area contributed by atoms with Gasteiger partial charge < -0.3 is 9.47 Å². The number of benzene rings is 2. The van der Waals surface area contributed by atoms with Crippen molar-refractivity contribution in [2.45, 2.75) is 19.4 Å². The van der Waals surface area contributed by atoms with E-state index in [9.17, 15) is 35.5 Å². The zero-order valence-electron chi connectivity index (χ0n) is 13.7. The molecular formula is C18H11F7O3. The summed E-state index contributed by atoms with van der Waals surface area (Å²) in [4.78, 5) is 12.0. The fourth-order valence-corrected chi connectivity index (χ4v) is 2.10. The van der Waals surface area contributed by atoms with Gasteiger partial charge in [-0.15, -0.1) is 0 Å². The molecule has 0 aromatic heterocycles. The van der Waals surface area contributed by atoms with E-state index in [1.807, 2.05) is 0 Å². The van der Waals surface area contributed by atoms with Crippen LogP contribution in [0.4, 0.5) is 30.7 Å². The van der Waals surface area contributed by atoms with Crippen molar-refractivity contribution in [3.8, 4) is 11.5 Å². The van der Waals surface area contributed by atoms with Crippen molar-refractivity contribution >= 4 is 11.9 Å². The molecule has 0 saturated carbocycles. The van der Waals surface area contributed by atoms with Crippen molar-refractivity contribution in [2.75, 3.05) is 0 Å². The number of carbonyl (C=O) groups is 1. The quantitative estimate of drug-likeness (QED) is 0.330. The van der Waals surface area contributed by atoms with Gasteiger partial charge in [0.2, 0.25) is 0 Å². The first-order valence-electron chi connectivity index (χ1n) is 7.49. The predicted octanol–water partition coefficient (Wildman–Crippen LogP) is 5.80. The van der Waals surface area contributed by atoms with Crippen molar-refractivity contribution in [2.24, 2.45) is 0 Å². The van der Waals surface area contributed by atoms with Gasteiger partial charge in [-0.3, -0.25) is 4.79 Å². The number of rotatable bonds is 7. The molecule has 0 spiro atoms. The number of ketones is 1. The van der Waals surface area contributed by atoms with Crippen molar-refractivity contribution in [1.29, 1.82) is 0 Å². The lowest BCUT2D eigenvalue weighted by molar-refractivity contribution is -0.137. The normalized spacial score (nSPS) is 12.0. The molecule has 0 N–H and O–H groups in total. The summed E-state index contributed by atoms with van der Waals surface area (Å²) in [5.41, 5.74) is -0.820. The van der Waals surface area contributed by atoms with Crippen LogP contribution in [0.3, 0.4) is 0 Å². The highest BCUT2D eigenvalue weighted by atomic mass is 19.4. The van der Waals surface area contributed by atoms with Gasteiger partial charge in [-0.1, -0.05) is 24.3 Å². The molecule has 28 heavy (non-hydrogen) atoms. The highest BCUT2D eigenvalue weighted by molar-refractivity contribution is 6.06. The van der Waals surface area contributed by atoms with Gasteiger partial charge >= 0.3 is 19.4 Å². The molecule has 0 aliphatic heterocycles. The van der Waals surface area contributed by atoms with E-state index in [0.717, 1.165) is 48.6 Å². The maximum Gasteiger partial charge on any atom is 0.416 e. The van der Waals surface area contributed by atoms with Gasteiger partial charge in [0.25, 0.3) is 0 Å². The Morgan fingerprint density at radius 1 is 0.857 bits per heavy atom. The molecule has 0 heterocycles. The highest BCUT2D eigenvalue weighted by Crippen LogP contribution is 2.32. The molecule has 150 valence electrons. The smallest absolute Gasteiger partial charge is 0.416 e. The Labute approximate surface area is 154 Å². The van der Waals surface area contributed by atoms with Crippen LogP contribution in [0, 0.1) is 0 Å². The molecule has 3 nitrogen and oxygen atoms in total. The number of carbonyl (C=O) groups excluding carboxylic acids is 1. The highest BCUT2D eigenvalue weighted by Gasteiger charge is 2.30. The van der Waals surface area contributed by atoms with E-state index in [0.29, 0.717) is 0 Å². The summed E-state index contributed by atoms with van der Waals surface area (Å²) >= 11 is 0. The van der Waals surface area contributed by atoms with Crippen LogP contribution in [0.5, 0.6) is 11.5 Å². The standard InChI is InChI=1S/C18H11F7O3/c19-16(20)27-14-8-2-10(9-15(14)28-17(21)22)1-7-13(26)11-3-5-12(6-4-11)18(23,24)25/h1-9,16-17H/b7-1+. The fraction of sp³-hybridized carbons (Fsp3) is 0.167. The Balaban J connectivity index is 2.19. The molecule has 0 radical (unpaired) electrons. The first-order chi connectivity index (χ1) is 13.1. The molecule has 0 amide bonds. The van der Waals surface area contributed by atoms with Crippen molar-refractivity contribution in [3.63, 3.8) is 0 Å². The summed E-state index contributed by atoms with van der Waals surface area (Å²) in [6.07, 6.45) is -2.40. The molecule has 0 atom stereocenters. The van der Waals surface area contributed by atoms with Crippen LogP contribution in [0.15, 0.2) is 48.5 Å². The van der Waals surface area contributed by atoms with Crippen LogP contribution in [0.2, 0.25) is 0 Å². The van der Waals surface area contributed by atoms with Gasteiger partial charge in [-0.25, -0.2) is 0 Å². The van der Waals surface area contributed by atoms with Gasteiger partial charge in [0, 0.05) is 5.56 Å². The molecule has 2 aromatic rings. The number of alkyl halides is 7. The third-order valence-electron chi connectivity index (χ3n) is 3.32. The Hall–Kier alpha value is -3.04. The molecule has 2 rings (SSSR count). The average molecular weight is 408 g/mol. The van der Waals surface area contributed by atoms with E-state index in [4.69, 9.17) is 0 Å². The minimum absolute atomic E-state index is 0.0362. The van der Waals surface area contributed by atoms with Gasteiger partial charge in [0.1, 0.15) is 0 Å². The molecule has 0 unspecified atom stereocenters. The molecule has 0 aliphatic carbocycles. The van der Waals surface area contributed by atoms with E-state index in [2.05, 4.69) is 9.47 Å². The second-order valence-electron chi connectivity index (χ2n) is 5.24. The van der Waals surface area contributed by atoms with Crippen molar-refractivity contribution in [1.82, 2.24) is 0 Å². The lowest BCUT2D eigenvalue weighted by atomic mass is 10.1. The zero-order valence-corrected chi connectivity index (χ0v) is 13.7. The van der Waals surface area contributed by atoms with Gasteiger partial charge in [-0.2, -0.15) is 30.7 Å². The van der Waals surface area contributed by atoms with Crippen LogP contribution in [0.25, 0.3) is 6.08 Å². The number of hydrogen-bond donors (Lipinski definition) is 0. The van der Waals surface area contributed by atoms with E-state index >= 15 is 0 Å². The monoisotopic (exact) mass is 408 g/mol. The summed E-state index contributed by atoms with van der Waals surface area (Å²) in [5, 5.41) is 0. The molecule has 10 heteroatoms. The number of allylic oxidation sites excluding steroid dienone is 1. The summed E-state index contributed by atoms with van der Waals surface area (Å²) in [6.45, 7) is -6.56. The van der Waals surface area contributed by atoms with Crippen LogP contribution in [0.1, 0.15) is 21.5 Å². The fourth-order valence-electron chi connectivity index (χ4n) is 2.10. The summed E-state index contributed by atoms with van der Waals surface area (Å²) in [6, 6.07) is 6.55. The SMILES string of the molecule is O=C(/C=C/c1ccc(OC(F)F)c(OC(F)F)c1)c1ccc(C(F)(F)F)cc1. The van der Waals surface area contributed by atoms with E-state index < -0.39 is 42.2 Å². The number of ether oxygens (including phenoxy) is 2. The summed E-state index contributed by atoms with van der Waals surface area (Å²) in [5.74, 6) is -1.95. The molecule has 0 fully saturated rings. The maximum absolute atomic E-state index is 12.5. The lowest BCUT2D eigenvalue weighted by Gasteiger charge is -2.12. The van der Waals surface area contributed by atoms with E-state index in [-0.39, 0.29) is 11.1 Å². The number of halogens is 7. The largest absolute Gasteiger partial charge is 0.431 e. The zero-order chi connectivity index (χ0) is 20.9. The lowest BCUT2D eigenvalue weighted by Crippen LogP contribution is -2.07. The van der Waals surface area contributed by atoms with Crippen molar-refractivity contribution in [3.05, 3.63) is 65.2 Å². The first-order valence-corrected chi connectivity index (χ1v) is 7.49. The second kappa shape index (κ2) is 8.77.